The lowest BCUT2D eigenvalue weighted by atomic mass is 10.3. The fourth-order valence-corrected chi connectivity index (χ4v) is 0.809. The summed E-state index contributed by atoms with van der Waals surface area (Å²) in [4.78, 5) is 10.3. The number of carbonyl (C=O) groups is 1. The van der Waals surface area contributed by atoms with Gasteiger partial charge >= 0.3 is 5.97 Å². The van der Waals surface area contributed by atoms with Crippen LogP contribution in [0.15, 0.2) is 11.6 Å². The van der Waals surface area contributed by atoms with Crippen molar-refractivity contribution in [1.82, 2.24) is 0 Å². The van der Waals surface area contributed by atoms with E-state index in [9.17, 15) is 4.79 Å². The van der Waals surface area contributed by atoms with Crippen LogP contribution in [0, 0.1) is 0 Å². The Morgan fingerprint density at radius 2 is 2.15 bits per heavy atom. The van der Waals surface area contributed by atoms with Gasteiger partial charge in [-0.3, -0.25) is 0 Å². The average Bonchev–Trinajstić information content (AvgIpc) is 2.10. The number of rotatable bonds is 7. The van der Waals surface area contributed by atoms with Crippen LogP contribution in [-0.2, 0) is 9.53 Å². The highest BCUT2D eigenvalue weighted by atomic mass is 16.5. The van der Waals surface area contributed by atoms with E-state index in [-0.39, 0.29) is 0 Å². The lowest BCUT2D eigenvalue weighted by Gasteiger charge is -1.99. The molecule has 0 rings (SSSR count). The van der Waals surface area contributed by atoms with Crippen LogP contribution in [0.1, 0.15) is 33.1 Å². The van der Waals surface area contributed by atoms with Crippen LogP contribution in [0.2, 0.25) is 0 Å². The molecule has 76 valence electrons. The molecule has 0 aliphatic heterocycles. The van der Waals surface area contributed by atoms with Crippen LogP contribution in [0.5, 0.6) is 0 Å². The second-order valence-electron chi connectivity index (χ2n) is 2.97. The SMILES string of the molecule is CCCCCOCC=C(C)C(=O)O. The Balaban J connectivity index is 3.34. The summed E-state index contributed by atoms with van der Waals surface area (Å²) in [6.07, 6.45) is 4.99. The zero-order valence-electron chi connectivity index (χ0n) is 8.38. The number of hydrogen-bond donors (Lipinski definition) is 1. The molecule has 0 saturated carbocycles. The zero-order valence-corrected chi connectivity index (χ0v) is 8.38. The van der Waals surface area contributed by atoms with Crippen molar-refractivity contribution >= 4 is 5.97 Å². The van der Waals surface area contributed by atoms with Gasteiger partial charge < -0.3 is 9.84 Å². The Kier molecular flexibility index (Phi) is 7.30. The van der Waals surface area contributed by atoms with Gasteiger partial charge in [0, 0.05) is 12.2 Å². The molecule has 0 aromatic carbocycles. The Morgan fingerprint density at radius 3 is 2.69 bits per heavy atom. The first kappa shape index (κ1) is 12.2. The van der Waals surface area contributed by atoms with E-state index in [0.29, 0.717) is 12.2 Å². The normalized spacial score (nSPS) is 11.7. The minimum absolute atomic E-state index is 0.343. The van der Waals surface area contributed by atoms with Crippen molar-refractivity contribution in [3.63, 3.8) is 0 Å². The molecule has 0 aromatic rings. The van der Waals surface area contributed by atoms with Crippen molar-refractivity contribution in [3.05, 3.63) is 11.6 Å². The predicted octanol–water partition coefficient (Wildman–Crippen LogP) is 2.22. The van der Waals surface area contributed by atoms with Gasteiger partial charge in [0.1, 0.15) is 0 Å². The molecule has 0 bridgehead atoms. The highest BCUT2D eigenvalue weighted by molar-refractivity contribution is 5.85. The van der Waals surface area contributed by atoms with E-state index in [4.69, 9.17) is 9.84 Å². The first-order chi connectivity index (χ1) is 6.18. The topological polar surface area (TPSA) is 46.5 Å². The number of aliphatic carboxylic acids is 1. The third-order valence-corrected chi connectivity index (χ3v) is 1.74. The summed E-state index contributed by atoms with van der Waals surface area (Å²) in [5, 5.41) is 8.50. The van der Waals surface area contributed by atoms with Gasteiger partial charge in [-0.15, -0.1) is 0 Å². The summed E-state index contributed by atoms with van der Waals surface area (Å²) < 4.78 is 5.22. The highest BCUT2D eigenvalue weighted by Gasteiger charge is 1.97. The van der Waals surface area contributed by atoms with E-state index in [2.05, 4.69) is 6.92 Å². The Hall–Kier alpha value is -0.830. The summed E-state index contributed by atoms with van der Waals surface area (Å²) >= 11 is 0. The van der Waals surface area contributed by atoms with Gasteiger partial charge in [0.25, 0.3) is 0 Å². The molecule has 1 N–H and O–H groups in total. The quantitative estimate of drug-likeness (QED) is 0.490. The molecule has 0 unspecified atom stereocenters. The molecule has 0 fully saturated rings. The minimum atomic E-state index is -0.878. The summed E-state index contributed by atoms with van der Waals surface area (Å²) in [6, 6.07) is 0. The van der Waals surface area contributed by atoms with Crippen molar-refractivity contribution in [1.29, 1.82) is 0 Å². The highest BCUT2D eigenvalue weighted by Crippen LogP contribution is 1.96. The molecule has 0 heterocycles. The van der Waals surface area contributed by atoms with Gasteiger partial charge in [-0.25, -0.2) is 4.79 Å². The molecule has 0 aromatic heterocycles. The molecule has 0 aliphatic rings. The first-order valence-electron chi connectivity index (χ1n) is 4.66. The summed E-state index contributed by atoms with van der Waals surface area (Å²) in [5.41, 5.74) is 0.343. The zero-order chi connectivity index (χ0) is 10.1. The molecule has 0 spiro atoms. The van der Waals surface area contributed by atoms with Gasteiger partial charge in [0.2, 0.25) is 0 Å². The molecule has 0 atom stereocenters. The lowest BCUT2D eigenvalue weighted by Crippen LogP contribution is -2.00. The molecule has 3 nitrogen and oxygen atoms in total. The molecule has 3 heteroatoms. The van der Waals surface area contributed by atoms with Crippen LogP contribution in [0.4, 0.5) is 0 Å². The smallest absolute Gasteiger partial charge is 0.331 e. The molecule has 0 aliphatic carbocycles. The molecule has 13 heavy (non-hydrogen) atoms. The van der Waals surface area contributed by atoms with Crippen LogP contribution < -0.4 is 0 Å². The number of hydrogen-bond acceptors (Lipinski definition) is 2. The van der Waals surface area contributed by atoms with Crippen molar-refractivity contribution in [2.45, 2.75) is 33.1 Å². The maximum atomic E-state index is 10.3. The van der Waals surface area contributed by atoms with Crippen molar-refractivity contribution in [3.8, 4) is 0 Å². The summed E-state index contributed by atoms with van der Waals surface area (Å²) in [6.45, 7) is 4.82. The standard InChI is InChI=1S/C10H18O3/c1-3-4-5-7-13-8-6-9(2)10(11)12/h6H,3-5,7-8H2,1-2H3,(H,11,12). The van der Waals surface area contributed by atoms with E-state index in [1.165, 1.54) is 12.8 Å². The summed E-state index contributed by atoms with van der Waals surface area (Å²) in [7, 11) is 0. The maximum Gasteiger partial charge on any atom is 0.331 e. The third kappa shape index (κ3) is 7.53. The van der Waals surface area contributed by atoms with Gasteiger partial charge in [-0.2, -0.15) is 0 Å². The van der Waals surface area contributed by atoms with Crippen molar-refractivity contribution in [2.24, 2.45) is 0 Å². The molecular weight excluding hydrogens is 168 g/mol. The number of unbranched alkanes of at least 4 members (excludes halogenated alkanes) is 2. The van der Waals surface area contributed by atoms with Crippen LogP contribution >= 0.6 is 0 Å². The first-order valence-corrected chi connectivity index (χ1v) is 4.66. The second kappa shape index (κ2) is 7.80. The average molecular weight is 186 g/mol. The van der Waals surface area contributed by atoms with E-state index in [1.807, 2.05) is 0 Å². The Bertz CT molecular complexity index is 173. The van der Waals surface area contributed by atoms with Gasteiger partial charge in [-0.1, -0.05) is 19.8 Å². The van der Waals surface area contributed by atoms with Gasteiger partial charge in [0.15, 0.2) is 0 Å². The van der Waals surface area contributed by atoms with E-state index < -0.39 is 5.97 Å². The van der Waals surface area contributed by atoms with Gasteiger partial charge in [-0.05, 0) is 19.4 Å². The molecule has 0 radical (unpaired) electrons. The lowest BCUT2D eigenvalue weighted by molar-refractivity contribution is -0.132. The van der Waals surface area contributed by atoms with E-state index in [1.54, 1.807) is 13.0 Å². The minimum Gasteiger partial charge on any atom is -0.478 e. The molecule has 0 saturated heterocycles. The fourth-order valence-electron chi connectivity index (χ4n) is 0.809. The number of carboxylic acid groups (broad SMARTS) is 1. The van der Waals surface area contributed by atoms with E-state index >= 15 is 0 Å². The monoisotopic (exact) mass is 186 g/mol. The van der Waals surface area contributed by atoms with E-state index in [0.717, 1.165) is 13.0 Å². The fraction of sp³-hybridized carbons (Fsp3) is 0.700. The van der Waals surface area contributed by atoms with Crippen LogP contribution in [0.25, 0.3) is 0 Å². The van der Waals surface area contributed by atoms with Crippen molar-refractivity contribution < 1.29 is 14.6 Å². The molecule has 0 amide bonds. The maximum absolute atomic E-state index is 10.3. The molecular formula is C10H18O3. The Morgan fingerprint density at radius 1 is 1.46 bits per heavy atom. The summed E-state index contributed by atoms with van der Waals surface area (Å²) in [5.74, 6) is -0.878. The van der Waals surface area contributed by atoms with Gasteiger partial charge in [0.05, 0.1) is 6.61 Å². The largest absolute Gasteiger partial charge is 0.478 e. The second-order valence-corrected chi connectivity index (χ2v) is 2.97. The number of carboxylic acids is 1. The number of ether oxygens (including phenoxy) is 1. The van der Waals surface area contributed by atoms with Crippen molar-refractivity contribution in [2.75, 3.05) is 13.2 Å². The Labute approximate surface area is 79.4 Å². The van der Waals surface area contributed by atoms with Crippen LogP contribution in [0.3, 0.4) is 0 Å². The predicted molar refractivity (Wildman–Crippen MR) is 51.7 cm³/mol. The van der Waals surface area contributed by atoms with Crippen LogP contribution in [-0.4, -0.2) is 24.3 Å². The third-order valence-electron chi connectivity index (χ3n) is 1.74.